The molecular formula is C16H16ClN3O6S. The Morgan fingerprint density at radius 3 is 2.52 bits per heavy atom. The van der Waals surface area contributed by atoms with E-state index >= 15 is 0 Å². The van der Waals surface area contributed by atoms with Gasteiger partial charge < -0.3 is 15.4 Å². The SMILES string of the molecule is COc1ccc(Cl)cc1NC(=O)CNc1ccc(S(C)(=O)=O)cc1[N+](=O)[O-]. The number of nitrogens with one attached hydrogen (secondary N) is 2. The van der Waals surface area contributed by atoms with Gasteiger partial charge in [-0.1, -0.05) is 11.6 Å². The van der Waals surface area contributed by atoms with Crippen LogP contribution in [0.4, 0.5) is 17.1 Å². The Bertz CT molecular complexity index is 994. The lowest BCUT2D eigenvalue weighted by atomic mass is 10.2. The monoisotopic (exact) mass is 413 g/mol. The first-order chi connectivity index (χ1) is 12.6. The lowest BCUT2D eigenvalue weighted by Crippen LogP contribution is -2.22. The third kappa shape index (κ3) is 5.31. The van der Waals surface area contributed by atoms with Crippen molar-refractivity contribution in [1.29, 1.82) is 0 Å². The van der Waals surface area contributed by atoms with Crippen molar-refractivity contribution in [3.63, 3.8) is 0 Å². The summed E-state index contributed by atoms with van der Waals surface area (Å²) < 4.78 is 28.2. The molecule has 0 unspecified atom stereocenters. The average Bonchev–Trinajstić information content (AvgIpc) is 2.59. The Balaban J connectivity index is 2.15. The van der Waals surface area contributed by atoms with Gasteiger partial charge in [0.1, 0.15) is 11.4 Å². The normalized spacial score (nSPS) is 10.9. The van der Waals surface area contributed by atoms with Crippen LogP contribution in [0.3, 0.4) is 0 Å². The number of anilines is 2. The van der Waals surface area contributed by atoms with E-state index in [0.29, 0.717) is 16.5 Å². The molecule has 0 aromatic heterocycles. The maximum absolute atomic E-state index is 12.1. The van der Waals surface area contributed by atoms with Gasteiger partial charge in [-0.05, 0) is 30.3 Å². The third-order valence-electron chi connectivity index (χ3n) is 3.47. The number of rotatable bonds is 7. The molecule has 0 radical (unpaired) electrons. The summed E-state index contributed by atoms with van der Waals surface area (Å²) in [6.07, 6.45) is 0.949. The highest BCUT2D eigenvalue weighted by Gasteiger charge is 2.19. The summed E-state index contributed by atoms with van der Waals surface area (Å²) in [7, 11) is -2.16. The number of nitro benzene ring substituents is 1. The van der Waals surface area contributed by atoms with Gasteiger partial charge in [-0.15, -0.1) is 0 Å². The van der Waals surface area contributed by atoms with Crippen molar-refractivity contribution >= 4 is 44.4 Å². The van der Waals surface area contributed by atoms with Crippen molar-refractivity contribution in [3.05, 3.63) is 51.5 Å². The van der Waals surface area contributed by atoms with Crippen LogP contribution in [0.5, 0.6) is 5.75 Å². The number of halogens is 1. The van der Waals surface area contributed by atoms with Gasteiger partial charge in [-0.2, -0.15) is 0 Å². The van der Waals surface area contributed by atoms with Gasteiger partial charge in [0, 0.05) is 17.3 Å². The quantitative estimate of drug-likeness (QED) is 0.527. The number of benzene rings is 2. The Hall–Kier alpha value is -2.85. The van der Waals surface area contributed by atoms with Crippen LogP contribution in [-0.2, 0) is 14.6 Å². The highest BCUT2D eigenvalue weighted by atomic mass is 35.5. The molecule has 0 heterocycles. The smallest absolute Gasteiger partial charge is 0.293 e. The van der Waals surface area contributed by atoms with E-state index in [0.717, 1.165) is 12.3 Å². The van der Waals surface area contributed by atoms with Gasteiger partial charge in [0.25, 0.3) is 5.69 Å². The van der Waals surface area contributed by atoms with E-state index in [1.54, 1.807) is 12.1 Å². The minimum Gasteiger partial charge on any atom is -0.495 e. The zero-order chi connectivity index (χ0) is 20.2. The first kappa shape index (κ1) is 20.5. The largest absolute Gasteiger partial charge is 0.495 e. The molecule has 0 aliphatic rings. The van der Waals surface area contributed by atoms with Crippen molar-refractivity contribution in [2.75, 3.05) is 30.5 Å². The van der Waals surface area contributed by atoms with Gasteiger partial charge in [0.2, 0.25) is 5.91 Å². The van der Waals surface area contributed by atoms with E-state index < -0.39 is 26.4 Å². The summed E-state index contributed by atoms with van der Waals surface area (Å²) in [4.78, 5) is 22.4. The highest BCUT2D eigenvalue weighted by Crippen LogP contribution is 2.29. The van der Waals surface area contributed by atoms with Crippen molar-refractivity contribution in [2.24, 2.45) is 0 Å². The molecule has 0 aliphatic heterocycles. The number of carbonyl (C=O) groups is 1. The van der Waals surface area contributed by atoms with Crippen LogP contribution in [-0.4, -0.2) is 39.2 Å². The third-order valence-corrected chi connectivity index (χ3v) is 4.81. The molecule has 11 heteroatoms. The number of hydrogen-bond donors (Lipinski definition) is 2. The molecule has 0 atom stereocenters. The predicted molar refractivity (Wildman–Crippen MR) is 101 cm³/mol. The van der Waals surface area contributed by atoms with Crippen LogP contribution in [0.2, 0.25) is 5.02 Å². The van der Waals surface area contributed by atoms with Crippen molar-refractivity contribution < 1.29 is 22.9 Å². The number of methoxy groups -OCH3 is 1. The zero-order valence-corrected chi connectivity index (χ0v) is 15.9. The topological polar surface area (TPSA) is 128 Å². The van der Waals surface area contributed by atoms with Crippen LogP contribution in [0.1, 0.15) is 0 Å². The zero-order valence-electron chi connectivity index (χ0n) is 14.4. The maximum atomic E-state index is 12.1. The van der Waals surface area contributed by atoms with E-state index in [-0.39, 0.29) is 17.1 Å². The van der Waals surface area contributed by atoms with Crippen LogP contribution >= 0.6 is 11.6 Å². The number of nitrogens with zero attached hydrogens (tertiary/aromatic N) is 1. The van der Waals surface area contributed by atoms with Gasteiger partial charge in [-0.25, -0.2) is 8.42 Å². The summed E-state index contributed by atoms with van der Waals surface area (Å²) in [5.74, 6) is -0.103. The van der Waals surface area contributed by atoms with Gasteiger partial charge in [0.15, 0.2) is 9.84 Å². The highest BCUT2D eigenvalue weighted by molar-refractivity contribution is 7.90. The van der Waals surface area contributed by atoms with Crippen molar-refractivity contribution in [1.82, 2.24) is 0 Å². The molecule has 144 valence electrons. The Kier molecular flexibility index (Phi) is 6.24. The van der Waals surface area contributed by atoms with Crippen LogP contribution in [0.25, 0.3) is 0 Å². The second-order valence-electron chi connectivity index (χ2n) is 5.45. The molecule has 0 saturated heterocycles. The van der Waals surface area contributed by atoms with E-state index in [1.807, 2.05) is 0 Å². The number of carbonyl (C=O) groups excluding carboxylic acids is 1. The minimum atomic E-state index is -3.60. The fourth-order valence-electron chi connectivity index (χ4n) is 2.19. The Morgan fingerprint density at radius 2 is 1.93 bits per heavy atom. The molecule has 2 N–H and O–H groups in total. The number of amides is 1. The van der Waals surface area contributed by atoms with Crippen LogP contribution in [0, 0.1) is 10.1 Å². The molecule has 0 saturated carbocycles. The lowest BCUT2D eigenvalue weighted by molar-refractivity contribution is -0.384. The number of ether oxygens (including phenoxy) is 1. The van der Waals surface area contributed by atoms with Gasteiger partial charge in [-0.3, -0.25) is 14.9 Å². The van der Waals surface area contributed by atoms with Crippen molar-refractivity contribution in [3.8, 4) is 5.75 Å². The van der Waals surface area contributed by atoms with Crippen LogP contribution in [0.15, 0.2) is 41.3 Å². The molecular weight excluding hydrogens is 398 g/mol. The first-order valence-electron chi connectivity index (χ1n) is 7.47. The lowest BCUT2D eigenvalue weighted by Gasteiger charge is -2.12. The minimum absolute atomic E-state index is 0.0145. The predicted octanol–water partition coefficient (Wildman–Crippen LogP) is 2.71. The molecule has 2 rings (SSSR count). The summed E-state index contributed by atoms with van der Waals surface area (Å²) in [5.41, 5.74) is -0.0922. The Labute approximate surface area is 160 Å². The first-order valence-corrected chi connectivity index (χ1v) is 9.74. The maximum Gasteiger partial charge on any atom is 0.293 e. The Morgan fingerprint density at radius 1 is 1.22 bits per heavy atom. The van der Waals surface area contributed by atoms with Crippen LogP contribution < -0.4 is 15.4 Å². The van der Waals surface area contributed by atoms with E-state index in [4.69, 9.17) is 16.3 Å². The van der Waals surface area contributed by atoms with Gasteiger partial charge >= 0.3 is 0 Å². The summed E-state index contributed by atoms with van der Waals surface area (Å²) in [5, 5.41) is 16.8. The molecule has 0 bridgehead atoms. The molecule has 2 aromatic carbocycles. The van der Waals surface area contributed by atoms with E-state index in [9.17, 15) is 23.3 Å². The standard InChI is InChI=1S/C16H16ClN3O6S/c1-26-15-6-3-10(17)7-13(15)19-16(21)9-18-12-5-4-11(27(2,24)25)8-14(12)20(22)23/h3-8,18H,9H2,1-2H3,(H,19,21). The molecule has 2 aromatic rings. The number of sulfone groups is 1. The summed E-state index contributed by atoms with van der Waals surface area (Å²) >= 11 is 5.89. The summed E-state index contributed by atoms with van der Waals surface area (Å²) in [6, 6.07) is 8.09. The average molecular weight is 414 g/mol. The second kappa shape index (κ2) is 8.23. The summed E-state index contributed by atoms with van der Waals surface area (Å²) in [6.45, 7) is -0.297. The van der Waals surface area contributed by atoms with E-state index in [2.05, 4.69) is 10.6 Å². The number of nitro groups is 1. The molecule has 0 spiro atoms. The number of hydrogen-bond acceptors (Lipinski definition) is 7. The second-order valence-corrected chi connectivity index (χ2v) is 7.91. The molecule has 27 heavy (non-hydrogen) atoms. The molecule has 1 amide bonds. The van der Waals surface area contributed by atoms with E-state index in [1.165, 1.54) is 25.3 Å². The fraction of sp³-hybridized carbons (Fsp3) is 0.188. The van der Waals surface area contributed by atoms with Gasteiger partial charge in [0.05, 0.1) is 29.2 Å². The fourth-order valence-corrected chi connectivity index (χ4v) is 3.00. The molecule has 0 aliphatic carbocycles. The molecule has 9 nitrogen and oxygen atoms in total. The van der Waals surface area contributed by atoms with Crippen molar-refractivity contribution in [2.45, 2.75) is 4.90 Å². The molecule has 0 fully saturated rings.